The third-order valence-corrected chi connectivity index (χ3v) is 7.18. The lowest BCUT2D eigenvalue weighted by molar-refractivity contribution is 0.171. The minimum absolute atomic E-state index is 0.0824. The first-order chi connectivity index (χ1) is 16.6. The molecule has 2 saturated heterocycles. The summed E-state index contributed by atoms with van der Waals surface area (Å²) in [7, 11) is 3.36. The number of methoxy groups -OCH3 is 2. The molecule has 4 nitrogen and oxygen atoms in total. The fourth-order valence-electron chi connectivity index (χ4n) is 5.95. The smallest absolute Gasteiger partial charge is 0.104 e. The Morgan fingerprint density at radius 1 is 0.857 bits per heavy atom. The quantitative estimate of drug-likeness (QED) is 0.364. The van der Waals surface area contributed by atoms with Crippen LogP contribution in [0.25, 0.3) is 0 Å². The van der Waals surface area contributed by atoms with Gasteiger partial charge in [-0.3, -0.25) is 0 Å². The van der Waals surface area contributed by atoms with E-state index in [1.165, 1.54) is 22.3 Å². The third-order valence-electron chi connectivity index (χ3n) is 7.18. The highest BCUT2D eigenvalue weighted by molar-refractivity contribution is 5.60. The molecule has 3 atom stereocenters. The maximum atomic E-state index is 4.82. The lowest BCUT2D eigenvalue weighted by Gasteiger charge is -2.31. The zero-order chi connectivity index (χ0) is 26.3. The van der Waals surface area contributed by atoms with E-state index in [4.69, 9.17) is 18.9 Å². The second-order valence-corrected chi connectivity index (χ2v) is 11.1. The first-order valence-corrected chi connectivity index (χ1v) is 12.8. The molecule has 0 amide bonds. The standard InChI is InChI=1S/C23H32.2C4H8O2/c1-9-13-19-17(11-3)21(5,6)15-23(19)16-22(7,8)18(12-4)20(23)14-10-2;2*1-5-2-4-3-6-4/h9-14H,1,4,15-16H2,2-3,5-8H3;2*4H,2-3H2,1H3/b14-10-,17-11+,19-13+;;. The highest BCUT2D eigenvalue weighted by Crippen LogP contribution is 2.68. The number of hydrogen-bond donors (Lipinski definition) is 0. The average molecular weight is 485 g/mol. The van der Waals surface area contributed by atoms with Gasteiger partial charge in [-0.05, 0) is 59.8 Å². The predicted octanol–water partition coefficient (Wildman–Crippen LogP) is 7.01. The monoisotopic (exact) mass is 484 g/mol. The zero-order valence-corrected chi connectivity index (χ0v) is 23.4. The Morgan fingerprint density at radius 3 is 1.71 bits per heavy atom. The summed E-state index contributed by atoms with van der Waals surface area (Å²) in [6, 6.07) is 0. The van der Waals surface area contributed by atoms with E-state index in [2.05, 4.69) is 85.1 Å². The molecule has 4 rings (SSSR count). The van der Waals surface area contributed by atoms with E-state index >= 15 is 0 Å². The summed E-state index contributed by atoms with van der Waals surface area (Å²) < 4.78 is 19.1. The summed E-state index contributed by atoms with van der Waals surface area (Å²) in [6.07, 6.45) is 16.2. The van der Waals surface area contributed by atoms with Crippen LogP contribution in [0.3, 0.4) is 0 Å². The van der Waals surface area contributed by atoms with Crippen LogP contribution >= 0.6 is 0 Å². The topological polar surface area (TPSA) is 43.5 Å². The lowest BCUT2D eigenvalue weighted by atomic mass is 9.71. The van der Waals surface area contributed by atoms with Gasteiger partial charge in [-0.2, -0.15) is 0 Å². The molecule has 3 unspecified atom stereocenters. The van der Waals surface area contributed by atoms with Gasteiger partial charge in [0, 0.05) is 19.6 Å². The summed E-state index contributed by atoms with van der Waals surface area (Å²) in [5.41, 5.74) is 6.20. The molecule has 0 aromatic rings. The molecule has 0 aromatic heterocycles. The normalized spacial score (nSPS) is 31.9. The van der Waals surface area contributed by atoms with Crippen LogP contribution in [0.2, 0.25) is 0 Å². The van der Waals surface area contributed by atoms with Crippen LogP contribution in [0.5, 0.6) is 0 Å². The molecule has 2 aliphatic carbocycles. The van der Waals surface area contributed by atoms with E-state index in [-0.39, 0.29) is 16.2 Å². The third kappa shape index (κ3) is 7.16. The van der Waals surface area contributed by atoms with Crippen molar-refractivity contribution in [1.82, 2.24) is 0 Å². The van der Waals surface area contributed by atoms with E-state index in [9.17, 15) is 0 Å². The number of hydrogen-bond acceptors (Lipinski definition) is 4. The van der Waals surface area contributed by atoms with Crippen LogP contribution in [0, 0.1) is 16.2 Å². The fourth-order valence-corrected chi connectivity index (χ4v) is 5.95. The van der Waals surface area contributed by atoms with Crippen LogP contribution in [-0.2, 0) is 18.9 Å². The van der Waals surface area contributed by atoms with Crippen molar-refractivity contribution in [3.8, 4) is 0 Å². The van der Waals surface area contributed by atoms with Gasteiger partial charge < -0.3 is 18.9 Å². The highest BCUT2D eigenvalue weighted by Gasteiger charge is 2.57. The van der Waals surface area contributed by atoms with Crippen molar-refractivity contribution < 1.29 is 18.9 Å². The van der Waals surface area contributed by atoms with Crippen LogP contribution in [-0.4, -0.2) is 52.9 Å². The van der Waals surface area contributed by atoms with Crippen molar-refractivity contribution in [2.45, 2.75) is 66.6 Å². The summed E-state index contributed by atoms with van der Waals surface area (Å²) >= 11 is 0. The van der Waals surface area contributed by atoms with Crippen LogP contribution in [0.4, 0.5) is 0 Å². The van der Waals surface area contributed by atoms with Crippen molar-refractivity contribution in [3.05, 3.63) is 71.9 Å². The van der Waals surface area contributed by atoms with E-state index in [1.54, 1.807) is 14.2 Å². The zero-order valence-electron chi connectivity index (χ0n) is 23.4. The van der Waals surface area contributed by atoms with Gasteiger partial charge in [0.1, 0.15) is 12.2 Å². The number of ether oxygens (including phenoxy) is 4. The molecular weight excluding hydrogens is 436 g/mol. The molecule has 3 fully saturated rings. The summed E-state index contributed by atoms with van der Waals surface area (Å²) in [5.74, 6) is 0. The Balaban J connectivity index is 0.000000290. The molecule has 0 N–H and O–H groups in total. The second kappa shape index (κ2) is 12.5. The molecule has 0 radical (unpaired) electrons. The molecule has 4 heteroatoms. The molecule has 2 heterocycles. The van der Waals surface area contributed by atoms with Crippen molar-refractivity contribution in [2.75, 3.05) is 40.6 Å². The van der Waals surface area contributed by atoms with Crippen LogP contribution in [0.1, 0.15) is 54.4 Å². The number of epoxide rings is 2. The fraction of sp³-hybridized carbons (Fsp3) is 0.613. The van der Waals surface area contributed by atoms with Crippen molar-refractivity contribution >= 4 is 0 Å². The van der Waals surface area contributed by atoms with Crippen molar-refractivity contribution in [1.29, 1.82) is 0 Å². The van der Waals surface area contributed by atoms with Gasteiger partial charge in [-0.1, -0.05) is 77.3 Å². The van der Waals surface area contributed by atoms with Gasteiger partial charge in [0.2, 0.25) is 0 Å². The maximum absolute atomic E-state index is 4.82. The lowest BCUT2D eigenvalue weighted by Crippen LogP contribution is -2.22. The summed E-state index contributed by atoms with van der Waals surface area (Å²) in [6.45, 7) is 25.2. The average Bonchev–Trinajstić information content (AvgIpc) is 3.70. The maximum Gasteiger partial charge on any atom is 0.104 e. The van der Waals surface area contributed by atoms with Gasteiger partial charge in [0.05, 0.1) is 26.4 Å². The van der Waals surface area contributed by atoms with Gasteiger partial charge >= 0.3 is 0 Å². The summed E-state index contributed by atoms with van der Waals surface area (Å²) in [5, 5.41) is 0. The molecule has 1 saturated carbocycles. The molecule has 196 valence electrons. The Morgan fingerprint density at radius 2 is 1.37 bits per heavy atom. The Hall–Kier alpha value is -1.72. The minimum Gasteiger partial charge on any atom is -0.382 e. The minimum atomic E-state index is 0.0824. The Kier molecular flexibility index (Phi) is 10.5. The van der Waals surface area contributed by atoms with Crippen LogP contribution in [0.15, 0.2) is 71.9 Å². The van der Waals surface area contributed by atoms with E-state index in [0.717, 1.165) is 39.3 Å². The number of allylic oxidation sites excluding steroid dienone is 10. The second-order valence-electron chi connectivity index (χ2n) is 11.1. The van der Waals surface area contributed by atoms with Gasteiger partial charge in [0.15, 0.2) is 0 Å². The molecule has 0 aromatic carbocycles. The van der Waals surface area contributed by atoms with Crippen molar-refractivity contribution in [3.63, 3.8) is 0 Å². The SMILES string of the molecule is C=C/C=C1\C(=C/C)C(C)(C)CC12CC(C)(C)C(C=C)=C2/C=C\C.COCC1CO1.COCC1CO1. The van der Waals surface area contributed by atoms with Gasteiger partial charge in [-0.25, -0.2) is 0 Å². The van der Waals surface area contributed by atoms with Crippen LogP contribution < -0.4 is 0 Å². The molecule has 1 spiro atoms. The number of rotatable bonds is 7. The van der Waals surface area contributed by atoms with E-state index < -0.39 is 0 Å². The van der Waals surface area contributed by atoms with Gasteiger partial charge in [0.25, 0.3) is 0 Å². The van der Waals surface area contributed by atoms with Crippen molar-refractivity contribution in [2.24, 2.45) is 16.2 Å². The first kappa shape index (κ1) is 29.5. The molecule has 2 aliphatic heterocycles. The van der Waals surface area contributed by atoms with Gasteiger partial charge in [-0.15, -0.1) is 0 Å². The van der Waals surface area contributed by atoms with E-state index in [0.29, 0.717) is 12.2 Å². The summed E-state index contributed by atoms with van der Waals surface area (Å²) in [4.78, 5) is 0. The molecule has 0 bridgehead atoms. The van der Waals surface area contributed by atoms with E-state index in [1.807, 2.05) is 6.08 Å². The Labute approximate surface area is 214 Å². The molecule has 4 aliphatic rings. The first-order valence-electron chi connectivity index (χ1n) is 12.8. The largest absolute Gasteiger partial charge is 0.382 e. The Bertz CT molecular complexity index is 848. The predicted molar refractivity (Wildman–Crippen MR) is 147 cm³/mol. The highest BCUT2D eigenvalue weighted by atomic mass is 16.6. The molecule has 35 heavy (non-hydrogen) atoms. The molecular formula is C31H48O4.